The van der Waals surface area contributed by atoms with Crippen molar-refractivity contribution in [1.29, 1.82) is 0 Å². The van der Waals surface area contributed by atoms with Gasteiger partial charge in [-0.05, 0) is 18.2 Å². The fraction of sp³-hybridized carbons (Fsp3) is 0.0526. The summed E-state index contributed by atoms with van der Waals surface area (Å²) >= 11 is 0. The number of benzene rings is 2. The molecule has 1 aliphatic heterocycles. The van der Waals surface area contributed by atoms with E-state index >= 15 is 0 Å². The Kier molecular flexibility index (Phi) is 3.41. The number of anilines is 1. The van der Waals surface area contributed by atoms with Gasteiger partial charge in [-0.3, -0.25) is 14.9 Å². The van der Waals surface area contributed by atoms with Gasteiger partial charge in [-0.1, -0.05) is 18.2 Å². The van der Waals surface area contributed by atoms with Crippen molar-refractivity contribution in [3.63, 3.8) is 0 Å². The van der Waals surface area contributed by atoms with Crippen molar-refractivity contribution in [2.45, 2.75) is 5.92 Å². The minimum Gasteiger partial charge on any atom is -0.325 e. The molecule has 0 spiro atoms. The number of nitro groups is 1. The lowest BCUT2D eigenvalue weighted by Gasteiger charge is -2.08. The van der Waals surface area contributed by atoms with Gasteiger partial charge in [0.1, 0.15) is 12.2 Å². The summed E-state index contributed by atoms with van der Waals surface area (Å²) in [7, 11) is 0. The maximum absolute atomic E-state index is 12.7. The molecule has 136 valence electrons. The van der Waals surface area contributed by atoms with Crippen LogP contribution in [0.15, 0.2) is 61.1 Å². The van der Waals surface area contributed by atoms with E-state index in [1.807, 2.05) is 30.3 Å². The van der Waals surface area contributed by atoms with Crippen LogP contribution in [0.5, 0.6) is 0 Å². The molecule has 1 N–H and O–H groups in total. The summed E-state index contributed by atoms with van der Waals surface area (Å²) in [6.07, 6.45) is 3.12. The molecule has 28 heavy (non-hydrogen) atoms. The lowest BCUT2D eigenvalue weighted by Crippen LogP contribution is -2.14. The second-order valence-corrected chi connectivity index (χ2v) is 6.36. The Morgan fingerprint density at radius 1 is 1.11 bits per heavy atom. The molecule has 0 radical (unpaired) electrons. The highest BCUT2D eigenvalue weighted by molar-refractivity contribution is 6.06. The number of nitro benzene ring substituents is 1. The van der Waals surface area contributed by atoms with Crippen LogP contribution in [0, 0.1) is 10.1 Å². The van der Waals surface area contributed by atoms with Crippen molar-refractivity contribution in [1.82, 2.24) is 19.7 Å². The van der Waals surface area contributed by atoms with Crippen LogP contribution >= 0.6 is 0 Å². The number of nitrogens with zero attached hydrogens (tertiary/aromatic N) is 5. The number of fused-ring (bicyclic) bond motifs is 2. The summed E-state index contributed by atoms with van der Waals surface area (Å²) in [6.45, 7) is 0. The summed E-state index contributed by atoms with van der Waals surface area (Å²) in [4.78, 5) is 31.9. The predicted octanol–water partition coefficient (Wildman–Crippen LogP) is 2.81. The van der Waals surface area contributed by atoms with Crippen LogP contribution in [0.2, 0.25) is 0 Å². The van der Waals surface area contributed by atoms with E-state index in [4.69, 9.17) is 0 Å². The zero-order valence-electron chi connectivity index (χ0n) is 14.3. The number of non-ortho nitro benzene ring substituents is 1. The molecule has 0 saturated carbocycles. The minimum absolute atomic E-state index is 0.0782. The molecule has 1 amide bonds. The number of aromatic nitrogens is 4. The summed E-state index contributed by atoms with van der Waals surface area (Å²) in [5.41, 5.74) is 2.74. The average molecular weight is 372 g/mol. The van der Waals surface area contributed by atoms with Gasteiger partial charge in [0.05, 0.1) is 21.7 Å². The Hall–Kier alpha value is -4.14. The van der Waals surface area contributed by atoms with Gasteiger partial charge >= 0.3 is 0 Å². The maximum atomic E-state index is 12.7. The van der Waals surface area contributed by atoms with Gasteiger partial charge < -0.3 is 5.32 Å². The lowest BCUT2D eigenvalue weighted by molar-refractivity contribution is -0.384. The van der Waals surface area contributed by atoms with Crippen molar-refractivity contribution < 1.29 is 9.72 Å². The number of carbonyl (C=O) groups is 1. The van der Waals surface area contributed by atoms with E-state index in [0.29, 0.717) is 28.0 Å². The molecule has 0 fully saturated rings. The van der Waals surface area contributed by atoms with E-state index in [1.165, 1.54) is 24.5 Å². The Balaban J connectivity index is 1.68. The number of hydrogen-bond donors (Lipinski definition) is 1. The van der Waals surface area contributed by atoms with Gasteiger partial charge in [-0.25, -0.2) is 14.6 Å². The van der Waals surface area contributed by atoms with Gasteiger partial charge in [0, 0.05) is 29.6 Å². The fourth-order valence-corrected chi connectivity index (χ4v) is 3.43. The van der Waals surface area contributed by atoms with Crippen molar-refractivity contribution in [2.24, 2.45) is 0 Å². The second kappa shape index (κ2) is 5.95. The zero-order chi connectivity index (χ0) is 19.3. The van der Waals surface area contributed by atoms with Gasteiger partial charge in [0.2, 0.25) is 5.91 Å². The number of carbonyl (C=O) groups excluding carboxylic acids is 1. The number of rotatable bonds is 3. The highest BCUT2D eigenvalue weighted by Gasteiger charge is 2.36. The van der Waals surface area contributed by atoms with Crippen molar-refractivity contribution >= 4 is 28.3 Å². The zero-order valence-corrected chi connectivity index (χ0v) is 14.3. The summed E-state index contributed by atoms with van der Waals surface area (Å²) in [5.74, 6) is -1.06. The quantitative estimate of drug-likeness (QED) is 0.437. The van der Waals surface area contributed by atoms with Crippen molar-refractivity contribution in [3.8, 4) is 5.69 Å². The predicted molar refractivity (Wildman–Crippen MR) is 100 cm³/mol. The van der Waals surface area contributed by atoms with Crippen LogP contribution in [0.3, 0.4) is 0 Å². The fourth-order valence-electron chi connectivity index (χ4n) is 3.43. The number of para-hydroxylation sites is 1. The molecule has 1 aliphatic rings. The van der Waals surface area contributed by atoms with E-state index in [2.05, 4.69) is 20.4 Å². The molecule has 5 rings (SSSR count). The Labute approximate surface area is 157 Å². The third kappa shape index (κ3) is 2.41. The molecular weight excluding hydrogens is 360 g/mol. The van der Waals surface area contributed by atoms with Crippen molar-refractivity contribution in [3.05, 3.63) is 82.4 Å². The highest BCUT2D eigenvalue weighted by atomic mass is 16.6. The second-order valence-electron chi connectivity index (χ2n) is 6.36. The SMILES string of the molecule is O=C1Nc2ccc([N+](=O)[O-])cc2C1c1ncnc2nn(-c3ccccc3)cc12. The molecule has 2 aromatic carbocycles. The molecule has 4 aromatic rings. The Morgan fingerprint density at radius 3 is 2.71 bits per heavy atom. The van der Waals surface area contributed by atoms with Crippen LogP contribution in [0.25, 0.3) is 16.7 Å². The first-order valence-corrected chi connectivity index (χ1v) is 8.47. The molecule has 0 aliphatic carbocycles. The van der Waals surface area contributed by atoms with E-state index in [-0.39, 0.29) is 11.6 Å². The van der Waals surface area contributed by atoms with Crippen LogP contribution in [-0.2, 0) is 4.79 Å². The molecule has 1 unspecified atom stereocenters. The van der Waals surface area contributed by atoms with Gasteiger partial charge in [-0.2, -0.15) is 0 Å². The van der Waals surface area contributed by atoms with Crippen LogP contribution in [0.4, 0.5) is 11.4 Å². The van der Waals surface area contributed by atoms with Crippen LogP contribution in [-0.4, -0.2) is 30.6 Å². The lowest BCUT2D eigenvalue weighted by atomic mass is 9.95. The minimum atomic E-state index is -0.770. The normalized spacial score (nSPS) is 15.4. The van der Waals surface area contributed by atoms with Crippen molar-refractivity contribution in [2.75, 3.05) is 5.32 Å². The number of amides is 1. The Bertz CT molecular complexity index is 1250. The third-order valence-electron chi connectivity index (χ3n) is 4.72. The summed E-state index contributed by atoms with van der Waals surface area (Å²) in [6, 6.07) is 13.8. The van der Waals surface area contributed by atoms with Gasteiger partial charge in [-0.15, -0.1) is 5.10 Å². The first-order chi connectivity index (χ1) is 13.6. The third-order valence-corrected chi connectivity index (χ3v) is 4.72. The molecule has 0 bridgehead atoms. The molecule has 3 heterocycles. The molecular formula is C19H12N6O3. The average Bonchev–Trinajstić information content (AvgIpc) is 3.28. The first-order valence-electron chi connectivity index (χ1n) is 8.47. The summed E-state index contributed by atoms with van der Waals surface area (Å²) in [5, 5.41) is 19.0. The smallest absolute Gasteiger partial charge is 0.269 e. The topological polar surface area (TPSA) is 116 Å². The monoisotopic (exact) mass is 372 g/mol. The molecule has 1 atom stereocenters. The van der Waals surface area contributed by atoms with E-state index in [0.717, 1.165) is 5.69 Å². The Morgan fingerprint density at radius 2 is 1.93 bits per heavy atom. The largest absolute Gasteiger partial charge is 0.325 e. The van der Waals surface area contributed by atoms with Gasteiger partial charge in [0.15, 0.2) is 5.65 Å². The molecule has 0 saturated heterocycles. The maximum Gasteiger partial charge on any atom is 0.269 e. The first kappa shape index (κ1) is 16.1. The molecule has 9 nitrogen and oxygen atoms in total. The van der Waals surface area contributed by atoms with E-state index < -0.39 is 10.8 Å². The standard InChI is InChI=1S/C19H12N6O3/c26-19-16(13-8-12(25(27)28)6-7-15(13)22-19)17-14-9-24(11-4-2-1-3-5-11)23-18(14)21-10-20-17/h1-10,16H,(H,22,26). The molecule has 2 aromatic heterocycles. The van der Waals surface area contributed by atoms with Gasteiger partial charge in [0.25, 0.3) is 5.69 Å². The highest BCUT2D eigenvalue weighted by Crippen LogP contribution is 2.40. The van der Waals surface area contributed by atoms with E-state index in [1.54, 1.807) is 10.9 Å². The molecule has 9 heteroatoms. The number of hydrogen-bond acceptors (Lipinski definition) is 6. The van der Waals surface area contributed by atoms with Crippen LogP contribution in [0.1, 0.15) is 17.2 Å². The van der Waals surface area contributed by atoms with Crippen LogP contribution < -0.4 is 5.32 Å². The number of nitrogens with one attached hydrogen (secondary N) is 1. The van der Waals surface area contributed by atoms with E-state index in [9.17, 15) is 14.9 Å². The summed E-state index contributed by atoms with van der Waals surface area (Å²) < 4.78 is 1.67.